The Morgan fingerprint density at radius 2 is 0.646 bits per heavy atom. The molecule has 79 heavy (non-hydrogen) atoms. The fourth-order valence-electron chi connectivity index (χ4n) is 10.7. The van der Waals surface area contributed by atoms with Crippen molar-refractivity contribution in [1.82, 2.24) is 0 Å². The molecule has 0 saturated heterocycles. The molecule has 9 heteroatoms. The van der Waals surface area contributed by atoms with Gasteiger partial charge in [-0.25, -0.2) is 4.79 Å². The zero-order chi connectivity index (χ0) is 57.6. The van der Waals surface area contributed by atoms with E-state index in [2.05, 4.69) is 26.0 Å². The van der Waals surface area contributed by atoms with Crippen molar-refractivity contribution < 1.29 is 42.9 Å². The average Bonchev–Trinajstić information content (AvgIpc) is 3.42. The number of rotatable bonds is 66. The highest BCUT2D eigenvalue weighted by Crippen LogP contribution is 2.19. The largest absolute Gasteiger partial charge is 0.477 e. The molecule has 0 fully saturated rings. The summed E-state index contributed by atoms with van der Waals surface area (Å²) in [6, 6.07) is 0. The van der Waals surface area contributed by atoms with Crippen LogP contribution in [0.1, 0.15) is 361 Å². The first-order valence-electron chi connectivity index (χ1n) is 34.9. The Morgan fingerprint density at radius 3 is 0.937 bits per heavy atom. The topological polar surface area (TPSA) is 108 Å². The fourth-order valence-corrected chi connectivity index (χ4v) is 10.7. The maximum Gasteiger partial charge on any atom is 0.361 e. The lowest BCUT2D eigenvalue weighted by Gasteiger charge is -2.25. The molecular weight excluding hydrogens is 983 g/mol. The first kappa shape index (κ1) is 77.0. The van der Waals surface area contributed by atoms with Gasteiger partial charge in [-0.2, -0.15) is 0 Å². The van der Waals surface area contributed by atoms with Crippen LogP contribution < -0.4 is 0 Å². The lowest BCUT2D eigenvalue weighted by atomic mass is 10.0. The molecule has 0 aromatic heterocycles. The van der Waals surface area contributed by atoms with Crippen molar-refractivity contribution in [1.29, 1.82) is 0 Å². The number of carbonyl (C=O) groups is 3. The Hall–Kier alpha value is -1.97. The van der Waals surface area contributed by atoms with Gasteiger partial charge in [-0.3, -0.25) is 9.59 Å². The van der Waals surface area contributed by atoms with E-state index in [1.807, 2.05) is 21.1 Å². The van der Waals surface area contributed by atoms with E-state index >= 15 is 0 Å². The summed E-state index contributed by atoms with van der Waals surface area (Å²) in [7, 11) is 5.98. The van der Waals surface area contributed by atoms with Crippen LogP contribution >= 0.6 is 0 Å². The average molecular weight is 1120 g/mol. The Labute approximate surface area is 491 Å². The van der Waals surface area contributed by atoms with E-state index in [9.17, 15) is 19.5 Å². The number of unbranched alkanes of at least 4 members (excludes halogenated alkanes) is 49. The number of aliphatic carboxylic acids is 1. The number of carbonyl (C=O) groups excluding carboxylic acids is 2. The minimum atomic E-state index is -1.51. The molecule has 0 spiro atoms. The second-order valence-electron chi connectivity index (χ2n) is 25.2. The van der Waals surface area contributed by atoms with Gasteiger partial charge in [0.15, 0.2) is 6.10 Å². The number of nitrogens with zero attached hydrogens (tertiary/aromatic N) is 1. The monoisotopic (exact) mass is 1120 g/mol. The van der Waals surface area contributed by atoms with Crippen molar-refractivity contribution in [2.75, 3.05) is 47.5 Å². The highest BCUT2D eigenvalue weighted by Gasteiger charge is 2.25. The van der Waals surface area contributed by atoms with Gasteiger partial charge in [-0.1, -0.05) is 321 Å². The van der Waals surface area contributed by atoms with Crippen LogP contribution in [-0.2, 0) is 33.3 Å². The molecule has 1 N–H and O–H groups in total. The van der Waals surface area contributed by atoms with Crippen LogP contribution in [0.2, 0.25) is 0 Å². The molecule has 468 valence electrons. The van der Waals surface area contributed by atoms with Crippen LogP contribution in [0.4, 0.5) is 0 Å². The van der Waals surface area contributed by atoms with Gasteiger partial charge in [0.2, 0.25) is 0 Å². The third-order valence-electron chi connectivity index (χ3n) is 16.0. The molecule has 0 aromatic carbocycles. The van der Waals surface area contributed by atoms with Crippen LogP contribution in [0.5, 0.6) is 0 Å². The van der Waals surface area contributed by atoms with Crippen molar-refractivity contribution in [3.63, 3.8) is 0 Å². The van der Waals surface area contributed by atoms with Crippen LogP contribution in [0.15, 0.2) is 12.2 Å². The number of carboxylic acid groups (broad SMARTS) is 1. The van der Waals surface area contributed by atoms with Gasteiger partial charge in [0.1, 0.15) is 13.2 Å². The molecule has 0 aromatic rings. The first-order valence-corrected chi connectivity index (χ1v) is 34.9. The predicted octanol–water partition coefficient (Wildman–Crippen LogP) is 21.3. The SMILES string of the molecule is CCCCCCC/C=C\CCCCCCCC(=O)OC(COC(=O)CCCCCCCCCCCCCCCCCCCCCCCCCCCCCCCCCCCCCCCCCC)COC(OCC[N+](C)(C)C)C(=O)O. The summed E-state index contributed by atoms with van der Waals surface area (Å²) in [6.45, 7) is 4.92. The van der Waals surface area contributed by atoms with E-state index in [0.717, 1.165) is 51.4 Å². The minimum absolute atomic E-state index is 0.179. The predicted molar refractivity (Wildman–Crippen MR) is 337 cm³/mol. The Balaban J connectivity index is 3.85. The van der Waals surface area contributed by atoms with Crippen molar-refractivity contribution in [2.24, 2.45) is 0 Å². The van der Waals surface area contributed by atoms with Gasteiger partial charge in [0.05, 0.1) is 34.4 Å². The van der Waals surface area contributed by atoms with E-state index in [4.69, 9.17) is 18.9 Å². The van der Waals surface area contributed by atoms with Crippen LogP contribution in [-0.4, -0.2) is 87.4 Å². The number of hydrogen-bond donors (Lipinski definition) is 1. The summed E-state index contributed by atoms with van der Waals surface area (Å²) in [6.07, 6.45) is 72.2. The molecular formula is C70H136NO8+. The van der Waals surface area contributed by atoms with E-state index in [1.54, 1.807) is 0 Å². The maximum absolute atomic E-state index is 12.8. The number of ether oxygens (including phenoxy) is 4. The zero-order valence-corrected chi connectivity index (χ0v) is 53.6. The van der Waals surface area contributed by atoms with Crippen molar-refractivity contribution in [3.8, 4) is 0 Å². The second kappa shape index (κ2) is 62.1. The van der Waals surface area contributed by atoms with Gasteiger partial charge in [0, 0.05) is 12.8 Å². The van der Waals surface area contributed by atoms with E-state index in [-0.39, 0.29) is 32.2 Å². The molecule has 0 amide bonds. The van der Waals surface area contributed by atoms with E-state index < -0.39 is 24.3 Å². The lowest BCUT2D eigenvalue weighted by Crippen LogP contribution is -2.40. The molecule has 0 bridgehead atoms. The Morgan fingerprint density at radius 1 is 0.367 bits per heavy atom. The summed E-state index contributed by atoms with van der Waals surface area (Å²) in [5.74, 6) is -1.99. The van der Waals surface area contributed by atoms with Gasteiger partial charge in [-0.15, -0.1) is 0 Å². The number of likely N-dealkylation sites (N-methyl/N-ethyl adjacent to an activating group) is 1. The molecule has 0 heterocycles. The van der Waals surface area contributed by atoms with E-state index in [0.29, 0.717) is 23.9 Å². The van der Waals surface area contributed by atoms with Crippen LogP contribution in [0, 0.1) is 0 Å². The fraction of sp³-hybridized carbons (Fsp3) is 0.929. The third kappa shape index (κ3) is 63.5. The number of carboxylic acids is 1. The molecule has 0 aliphatic heterocycles. The lowest BCUT2D eigenvalue weighted by molar-refractivity contribution is -0.870. The first-order chi connectivity index (χ1) is 38.6. The van der Waals surface area contributed by atoms with Crippen molar-refractivity contribution in [3.05, 3.63) is 12.2 Å². The normalized spacial score (nSPS) is 12.7. The Kier molecular flexibility index (Phi) is 60.5. The minimum Gasteiger partial charge on any atom is -0.477 e. The Bertz CT molecular complexity index is 1300. The summed E-state index contributed by atoms with van der Waals surface area (Å²) in [5.41, 5.74) is 0. The summed E-state index contributed by atoms with van der Waals surface area (Å²) in [5, 5.41) is 9.70. The summed E-state index contributed by atoms with van der Waals surface area (Å²) >= 11 is 0. The standard InChI is InChI=1S/C70H135NO8/c1-6-8-10-12-14-16-18-20-22-23-24-25-26-27-28-29-30-31-32-33-34-35-36-37-38-39-40-41-42-43-44-45-46-47-49-50-52-54-56-58-60-67(72)77-64-66(65-78-70(69(74)75)76-63-62-71(3,4)5)79-68(73)61-59-57-55-53-51-48-21-19-17-15-13-11-9-7-2/h19,21,66,70H,6-18,20,22-65H2,1-5H3/p+1/b21-19-. The molecule has 0 aliphatic rings. The van der Waals surface area contributed by atoms with Gasteiger partial charge < -0.3 is 28.5 Å². The van der Waals surface area contributed by atoms with Gasteiger partial charge in [0.25, 0.3) is 6.29 Å². The summed E-state index contributed by atoms with van der Waals surface area (Å²) < 4.78 is 22.9. The molecule has 2 unspecified atom stereocenters. The smallest absolute Gasteiger partial charge is 0.361 e. The number of esters is 2. The quantitative estimate of drug-likeness (QED) is 0.0211. The molecule has 0 saturated carbocycles. The molecule has 0 rings (SSSR count). The number of allylic oxidation sites excluding steroid dienone is 2. The number of quaternary nitrogens is 1. The highest BCUT2D eigenvalue weighted by molar-refractivity contribution is 5.71. The molecule has 9 nitrogen and oxygen atoms in total. The second-order valence-corrected chi connectivity index (χ2v) is 25.2. The maximum atomic E-state index is 12.8. The van der Waals surface area contributed by atoms with Gasteiger partial charge >= 0.3 is 17.9 Å². The molecule has 0 aliphatic carbocycles. The van der Waals surface area contributed by atoms with Crippen molar-refractivity contribution >= 4 is 17.9 Å². The van der Waals surface area contributed by atoms with Crippen molar-refractivity contribution in [2.45, 2.75) is 373 Å². The van der Waals surface area contributed by atoms with Crippen LogP contribution in [0.25, 0.3) is 0 Å². The third-order valence-corrected chi connectivity index (χ3v) is 16.0. The molecule has 2 atom stereocenters. The van der Waals surface area contributed by atoms with E-state index in [1.165, 1.54) is 276 Å². The highest BCUT2D eigenvalue weighted by atomic mass is 16.7. The van der Waals surface area contributed by atoms with Crippen LogP contribution in [0.3, 0.4) is 0 Å². The zero-order valence-electron chi connectivity index (χ0n) is 53.6. The number of hydrogen-bond acceptors (Lipinski definition) is 7. The molecule has 0 radical (unpaired) electrons. The summed E-state index contributed by atoms with van der Waals surface area (Å²) in [4.78, 5) is 37.4. The van der Waals surface area contributed by atoms with Gasteiger partial charge in [-0.05, 0) is 38.5 Å².